The Hall–Kier alpha value is -0.370. The van der Waals surface area contributed by atoms with E-state index in [1.54, 1.807) is 0 Å². The van der Waals surface area contributed by atoms with Crippen molar-refractivity contribution in [2.45, 2.75) is 85.0 Å². The summed E-state index contributed by atoms with van der Waals surface area (Å²) in [5, 5.41) is 0. The molecule has 8 unspecified atom stereocenters. The molecule has 2 nitrogen and oxygen atoms in total. The van der Waals surface area contributed by atoms with Crippen LogP contribution >= 0.6 is 0 Å². The molecule has 8 atom stereocenters. The first-order valence-corrected chi connectivity index (χ1v) is 11.5. The SMILES string of the molecule is CCC12CCC(COC)CC1CCC1C3CCC(C(C)=O)C3(C)CCC12. The number of rotatable bonds is 4. The maximum Gasteiger partial charge on any atom is 0.133 e. The first-order valence-electron chi connectivity index (χ1n) is 11.5. The molecule has 0 spiro atoms. The van der Waals surface area contributed by atoms with E-state index in [1.807, 2.05) is 14.0 Å². The molecule has 0 heterocycles. The molecular formula is C24H40O2. The van der Waals surface area contributed by atoms with Crippen LogP contribution in [0.3, 0.4) is 0 Å². The van der Waals surface area contributed by atoms with E-state index in [-0.39, 0.29) is 0 Å². The maximum atomic E-state index is 12.3. The van der Waals surface area contributed by atoms with Crippen LogP contribution in [-0.2, 0) is 9.53 Å². The molecule has 4 aliphatic carbocycles. The number of carbonyl (C=O) groups excluding carboxylic acids is 1. The Balaban J connectivity index is 1.58. The summed E-state index contributed by atoms with van der Waals surface area (Å²) in [6.45, 7) is 7.78. The van der Waals surface area contributed by atoms with Gasteiger partial charge >= 0.3 is 0 Å². The van der Waals surface area contributed by atoms with Crippen molar-refractivity contribution < 1.29 is 9.53 Å². The molecule has 0 radical (unpaired) electrons. The van der Waals surface area contributed by atoms with Gasteiger partial charge in [-0.25, -0.2) is 0 Å². The third-order valence-corrected chi connectivity index (χ3v) is 10.0. The summed E-state index contributed by atoms with van der Waals surface area (Å²) in [6.07, 6.45) is 13.6. The summed E-state index contributed by atoms with van der Waals surface area (Å²) in [7, 11) is 1.87. The molecule has 0 aromatic rings. The number of ketones is 1. The van der Waals surface area contributed by atoms with Crippen LogP contribution in [0.15, 0.2) is 0 Å². The lowest BCUT2D eigenvalue weighted by Crippen LogP contribution is -2.54. The normalized spacial score (nSPS) is 50.6. The molecule has 0 aromatic carbocycles. The van der Waals surface area contributed by atoms with Crippen LogP contribution in [0, 0.1) is 46.3 Å². The molecule has 4 aliphatic rings. The number of carbonyl (C=O) groups is 1. The number of hydrogen-bond donors (Lipinski definition) is 0. The largest absolute Gasteiger partial charge is 0.384 e. The third-order valence-electron chi connectivity index (χ3n) is 10.0. The second-order valence-corrected chi connectivity index (χ2v) is 10.6. The predicted octanol–water partition coefficient (Wildman–Crippen LogP) is 5.89. The molecule has 4 saturated carbocycles. The fourth-order valence-electron chi connectivity index (χ4n) is 8.91. The maximum absolute atomic E-state index is 12.3. The Morgan fingerprint density at radius 1 is 1.04 bits per heavy atom. The number of hydrogen-bond acceptors (Lipinski definition) is 2. The van der Waals surface area contributed by atoms with Gasteiger partial charge in [0.1, 0.15) is 5.78 Å². The average Bonchev–Trinajstić information content (AvgIpc) is 2.99. The van der Waals surface area contributed by atoms with Crippen LogP contribution in [-0.4, -0.2) is 19.5 Å². The van der Waals surface area contributed by atoms with E-state index in [0.717, 1.165) is 42.6 Å². The minimum Gasteiger partial charge on any atom is -0.384 e. The van der Waals surface area contributed by atoms with Gasteiger partial charge in [-0.05, 0) is 112 Å². The predicted molar refractivity (Wildman–Crippen MR) is 106 cm³/mol. The summed E-state index contributed by atoms with van der Waals surface area (Å²) in [5.41, 5.74) is 0.908. The number of Topliss-reactive ketones (excluding diaryl/α,β-unsaturated/α-hetero) is 1. The van der Waals surface area contributed by atoms with Crippen molar-refractivity contribution in [3.8, 4) is 0 Å². The zero-order valence-corrected chi connectivity index (χ0v) is 17.6. The van der Waals surface area contributed by atoms with E-state index in [2.05, 4.69) is 13.8 Å². The lowest BCUT2D eigenvalue weighted by molar-refractivity contribution is -0.141. The number of methoxy groups -OCH3 is 1. The molecule has 4 fully saturated rings. The molecule has 148 valence electrons. The highest BCUT2D eigenvalue weighted by atomic mass is 16.5. The molecular weight excluding hydrogens is 320 g/mol. The van der Waals surface area contributed by atoms with E-state index in [4.69, 9.17) is 4.74 Å². The van der Waals surface area contributed by atoms with Crippen molar-refractivity contribution >= 4 is 5.78 Å². The van der Waals surface area contributed by atoms with Gasteiger partial charge < -0.3 is 4.74 Å². The van der Waals surface area contributed by atoms with Crippen LogP contribution in [0.25, 0.3) is 0 Å². The standard InChI is InChI=1S/C24H40O2/c1-5-24-13-10-17(15-26-4)14-18(24)6-7-19-21-9-8-20(16(2)25)23(21,3)12-11-22(19)24/h17-22H,5-15H2,1-4H3. The molecule has 0 saturated heterocycles. The topological polar surface area (TPSA) is 26.3 Å². The second-order valence-electron chi connectivity index (χ2n) is 10.6. The van der Waals surface area contributed by atoms with E-state index in [9.17, 15) is 4.79 Å². The first-order chi connectivity index (χ1) is 12.5. The van der Waals surface area contributed by atoms with Crippen molar-refractivity contribution in [1.82, 2.24) is 0 Å². The first kappa shape index (κ1) is 19.0. The van der Waals surface area contributed by atoms with Gasteiger partial charge in [0.25, 0.3) is 0 Å². The lowest BCUT2D eigenvalue weighted by Gasteiger charge is -2.62. The van der Waals surface area contributed by atoms with Crippen LogP contribution in [0.1, 0.15) is 85.0 Å². The van der Waals surface area contributed by atoms with Gasteiger partial charge in [0.05, 0.1) is 0 Å². The highest BCUT2D eigenvalue weighted by Gasteiger charge is 2.61. The number of fused-ring (bicyclic) bond motifs is 5. The smallest absolute Gasteiger partial charge is 0.133 e. The summed E-state index contributed by atoms with van der Waals surface area (Å²) >= 11 is 0. The summed E-state index contributed by atoms with van der Waals surface area (Å²) in [6, 6.07) is 0. The molecule has 26 heavy (non-hydrogen) atoms. The van der Waals surface area contributed by atoms with Crippen molar-refractivity contribution in [3.05, 3.63) is 0 Å². The second kappa shape index (κ2) is 6.90. The van der Waals surface area contributed by atoms with E-state index >= 15 is 0 Å². The van der Waals surface area contributed by atoms with Crippen LogP contribution in [0.2, 0.25) is 0 Å². The molecule has 0 bridgehead atoms. The van der Waals surface area contributed by atoms with Crippen molar-refractivity contribution in [3.63, 3.8) is 0 Å². The van der Waals surface area contributed by atoms with Crippen molar-refractivity contribution in [2.75, 3.05) is 13.7 Å². The summed E-state index contributed by atoms with van der Waals surface area (Å²) in [5.74, 6) is 5.18. The van der Waals surface area contributed by atoms with Gasteiger partial charge in [-0.2, -0.15) is 0 Å². The van der Waals surface area contributed by atoms with Crippen molar-refractivity contribution in [2.24, 2.45) is 46.3 Å². The van der Waals surface area contributed by atoms with E-state index < -0.39 is 0 Å². The quantitative estimate of drug-likeness (QED) is 0.625. The molecule has 0 N–H and O–H groups in total. The Morgan fingerprint density at radius 3 is 2.54 bits per heavy atom. The van der Waals surface area contributed by atoms with Gasteiger partial charge in [-0.15, -0.1) is 0 Å². The average molecular weight is 361 g/mol. The summed E-state index contributed by atoms with van der Waals surface area (Å²) < 4.78 is 5.51. The molecule has 0 aliphatic heterocycles. The fraction of sp³-hybridized carbons (Fsp3) is 0.958. The van der Waals surface area contributed by atoms with Crippen molar-refractivity contribution in [1.29, 1.82) is 0 Å². The third kappa shape index (κ3) is 2.65. The van der Waals surface area contributed by atoms with Gasteiger partial charge in [0.15, 0.2) is 0 Å². The minimum absolute atomic E-state index is 0.308. The van der Waals surface area contributed by atoms with Crippen LogP contribution in [0.5, 0.6) is 0 Å². The zero-order valence-electron chi connectivity index (χ0n) is 17.6. The fourth-order valence-corrected chi connectivity index (χ4v) is 8.91. The highest BCUT2D eigenvalue weighted by Crippen LogP contribution is 2.68. The lowest BCUT2D eigenvalue weighted by atomic mass is 9.43. The highest BCUT2D eigenvalue weighted by molar-refractivity contribution is 5.79. The Kier molecular flexibility index (Phi) is 5.04. The van der Waals surface area contributed by atoms with Crippen LogP contribution < -0.4 is 0 Å². The zero-order chi connectivity index (χ0) is 18.5. The van der Waals surface area contributed by atoms with Crippen LogP contribution in [0.4, 0.5) is 0 Å². The molecule has 2 heteroatoms. The van der Waals surface area contributed by atoms with Gasteiger partial charge in [-0.3, -0.25) is 4.79 Å². The molecule has 0 amide bonds. The van der Waals surface area contributed by atoms with Gasteiger partial charge in [0, 0.05) is 19.6 Å². The Bertz CT molecular complexity index is 542. The summed E-state index contributed by atoms with van der Waals surface area (Å²) in [4.78, 5) is 12.3. The van der Waals surface area contributed by atoms with Gasteiger partial charge in [-0.1, -0.05) is 13.8 Å². The number of ether oxygens (including phenoxy) is 1. The van der Waals surface area contributed by atoms with E-state index in [1.165, 1.54) is 57.8 Å². The Labute approximate surface area is 160 Å². The molecule has 0 aromatic heterocycles. The van der Waals surface area contributed by atoms with E-state index in [0.29, 0.717) is 22.5 Å². The van der Waals surface area contributed by atoms with Gasteiger partial charge in [0.2, 0.25) is 0 Å². The minimum atomic E-state index is 0.308. The monoisotopic (exact) mass is 360 g/mol. The Morgan fingerprint density at radius 2 is 1.85 bits per heavy atom. The molecule has 4 rings (SSSR count).